The van der Waals surface area contributed by atoms with Gasteiger partial charge in [0.05, 0.1) is 23.9 Å². The second-order valence-corrected chi connectivity index (χ2v) is 8.40. The lowest BCUT2D eigenvalue weighted by Crippen LogP contribution is -2.35. The molecule has 0 spiro atoms. The molecule has 3 N–H and O–H groups in total. The highest BCUT2D eigenvalue weighted by molar-refractivity contribution is 5.92. The van der Waals surface area contributed by atoms with Gasteiger partial charge < -0.3 is 15.5 Å². The Balaban J connectivity index is 1.46. The quantitative estimate of drug-likeness (QED) is 0.373. The van der Waals surface area contributed by atoms with Crippen molar-refractivity contribution in [1.29, 1.82) is 0 Å². The normalized spacial score (nSPS) is 13.1. The standard InChI is InChI=1S/C26H22N8O2/c1-16(17-9-4-2-5-10-17)29-25(35)21(18-11-6-3-7-12-18)33-24-19(15-28-33)23-30-22(20-13-8-14-36-20)32-34(23)26(27)31-24/h2-16,21H,1H3,(H2,27,31)(H,29,35). The summed E-state index contributed by atoms with van der Waals surface area (Å²) in [5, 5.41) is 12.7. The van der Waals surface area contributed by atoms with Crippen molar-refractivity contribution < 1.29 is 9.21 Å². The summed E-state index contributed by atoms with van der Waals surface area (Å²) in [5.74, 6) is 0.785. The Morgan fingerprint density at radius 1 is 0.944 bits per heavy atom. The molecule has 0 radical (unpaired) electrons. The number of furan rings is 1. The molecule has 10 nitrogen and oxygen atoms in total. The van der Waals surface area contributed by atoms with E-state index in [1.807, 2.05) is 67.6 Å². The molecule has 0 aliphatic rings. The van der Waals surface area contributed by atoms with Crippen LogP contribution in [0.25, 0.3) is 28.3 Å². The zero-order valence-corrected chi connectivity index (χ0v) is 19.3. The maximum absolute atomic E-state index is 13.7. The van der Waals surface area contributed by atoms with E-state index < -0.39 is 6.04 Å². The van der Waals surface area contributed by atoms with Gasteiger partial charge in [0, 0.05) is 0 Å². The number of amides is 1. The highest BCUT2D eigenvalue weighted by Gasteiger charge is 2.28. The minimum absolute atomic E-state index is 0.120. The Bertz CT molecular complexity index is 1660. The van der Waals surface area contributed by atoms with Gasteiger partial charge in [-0.25, -0.2) is 9.67 Å². The van der Waals surface area contributed by atoms with Crippen LogP contribution in [-0.4, -0.2) is 35.3 Å². The minimum Gasteiger partial charge on any atom is -0.461 e. The number of aromatic nitrogens is 6. The van der Waals surface area contributed by atoms with E-state index in [4.69, 9.17) is 10.2 Å². The second kappa shape index (κ2) is 8.66. The highest BCUT2D eigenvalue weighted by Crippen LogP contribution is 2.28. The van der Waals surface area contributed by atoms with Gasteiger partial charge in [0.15, 0.2) is 23.1 Å². The van der Waals surface area contributed by atoms with E-state index in [2.05, 4.69) is 25.5 Å². The lowest BCUT2D eigenvalue weighted by molar-refractivity contribution is -0.124. The average Bonchev–Trinajstić information content (AvgIpc) is 3.66. The van der Waals surface area contributed by atoms with Crippen molar-refractivity contribution in [2.75, 3.05) is 5.73 Å². The molecule has 0 fully saturated rings. The molecular weight excluding hydrogens is 456 g/mol. The van der Waals surface area contributed by atoms with E-state index in [-0.39, 0.29) is 17.9 Å². The molecule has 4 aromatic heterocycles. The molecule has 1 amide bonds. The van der Waals surface area contributed by atoms with Crippen LogP contribution in [0, 0.1) is 0 Å². The molecule has 0 aliphatic heterocycles. The first-order valence-corrected chi connectivity index (χ1v) is 11.4. The van der Waals surface area contributed by atoms with Crippen LogP contribution in [0.15, 0.2) is 89.7 Å². The van der Waals surface area contributed by atoms with Gasteiger partial charge in [-0.05, 0) is 30.2 Å². The van der Waals surface area contributed by atoms with Crippen LogP contribution < -0.4 is 11.1 Å². The van der Waals surface area contributed by atoms with E-state index in [1.54, 1.807) is 29.3 Å². The number of benzene rings is 2. The Kier molecular flexibility index (Phi) is 5.18. The highest BCUT2D eigenvalue weighted by atomic mass is 16.3. The molecule has 6 aromatic rings. The Labute approximate surface area is 205 Å². The van der Waals surface area contributed by atoms with Gasteiger partial charge in [0.25, 0.3) is 0 Å². The summed E-state index contributed by atoms with van der Waals surface area (Å²) in [7, 11) is 0. The average molecular weight is 479 g/mol. The van der Waals surface area contributed by atoms with E-state index >= 15 is 0 Å². The molecular formula is C26H22N8O2. The van der Waals surface area contributed by atoms with E-state index in [9.17, 15) is 4.79 Å². The van der Waals surface area contributed by atoms with Crippen LogP contribution in [-0.2, 0) is 4.79 Å². The first kappa shape index (κ1) is 21.5. The number of hydrogen-bond acceptors (Lipinski definition) is 7. The SMILES string of the molecule is CC(NC(=O)C(c1ccccc1)n1ncc2c1nc(N)n1nc(-c3ccco3)nc21)c1ccccc1. The molecule has 0 saturated heterocycles. The van der Waals surface area contributed by atoms with Gasteiger partial charge in [0.1, 0.15) is 0 Å². The Hall–Kier alpha value is -4.99. The molecule has 0 aliphatic carbocycles. The van der Waals surface area contributed by atoms with E-state index in [0.717, 1.165) is 11.1 Å². The topological polar surface area (TPSA) is 129 Å². The van der Waals surface area contributed by atoms with Crippen molar-refractivity contribution in [1.82, 2.24) is 34.7 Å². The predicted molar refractivity (Wildman–Crippen MR) is 134 cm³/mol. The maximum atomic E-state index is 13.7. The number of nitrogens with one attached hydrogen (secondary N) is 1. The summed E-state index contributed by atoms with van der Waals surface area (Å²) in [5.41, 5.74) is 8.93. The van der Waals surface area contributed by atoms with Crippen molar-refractivity contribution in [3.05, 3.63) is 96.4 Å². The van der Waals surface area contributed by atoms with Crippen LogP contribution >= 0.6 is 0 Å². The summed E-state index contributed by atoms with van der Waals surface area (Å²) in [6.45, 7) is 1.95. The van der Waals surface area contributed by atoms with Gasteiger partial charge >= 0.3 is 0 Å². The van der Waals surface area contributed by atoms with Crippen LogP contribution in [0.2, 0.25) is 0 Å². The van der Waals surface area contributed by atoms with Crippen LogP contribution in [0.1, 0.15) is 30.1 Å². The van der Waals surface area contributed by atoms with Crippen molar-refractivity contribution in [2.24, 2.45) is 0 Å². The number of nitrogens with zero attached hydrogens (tertiary/aromatic N) is 6. The summed E-state index contributed by atoms with van der Waals surface area (Å²) in [6.07, 6.45) is 3.18. The molecule has 178 valence electrons. The third-order valence-corrected chi connectivity index (χ3v) is 6.06. The van der Waals surface area contributed by atoms with Gasteiger partial charge in [-0.2, -0.15) is 14.6 Å². The van der Waals surface area contributed by atoms with Crippen LogP contribution in [0.4, 0.5) is 5.95 Å². The van der Waals surface area contributed by atoms with Crippen LogP contribution in [0.5, 0.6) is 0 Å². The van der Waals surface area contributed by atoms with Gasteiger partial charge in [0.2, 0.25) is 17.7 Å². The number of rotatable bonds is 6. The monoisotopic (exact) mass is 478 g/mol. The number of nitrogen functional groups attached to an aromatic ring is 1. The van der Waals surface area contributed by atoms with Crippen molar-refractivity contribution in [3.8, 4) is 11.6 Å². The fourth-order valence-corrected chi connectivity index (χ4v) is 4.28. The largest absolute Gasteiger partial charge is 0.461 e. The Morgan fingerprint density at radius 3 is 2.36 bits per heavy atom. The van der Waals surface area contributed by atoms with Crippen molar-refractivity contribution in [3.63, 3.8) is 0 Å². The molecule has 0 bridgehead atoms. The number of nitrogens with two attached hydrogens (primary N) is 1. The first-order chi connectivity index (χ1) is 17.6. The van der Waals surface area contributed by atoms with Gasteiger partial charge in [-0.3, -0.25) is 4.79 Å². The van der Waals surface area contributed by atoms with Gasteiger partial charge in [-0.15, -0.1) is 5.10 Å². The summed E-state index contributed by atoms with van der Waals surface area (Å²) in [4.78, 5) is 22.9. The second-order valence-electron chi connectivity index (χ2n) is 8.40. The lowest BCUT2D eigenvalue weighted by Gasteiger charge is -2.22. The third-order valence-electron chi connectivity index (χ3n) is 6.06. The lowest BCUT2D eigenvalue weighted by atomic mass is 10.0. The summed E-state index contributed by atoms with van der Waals surface area (Å²) in [6, 6.07) is 21.8. The van der Waals surface area contributed by atoms with Crippen molar-refractivity contribution >= 4 is 28.5 Å². The molecule has 0 saturated carbocycles. The molecule has 2 atom stereocenters. The van der Waals surface area contributed by atoms with Crippen molar-refractivity contribution in [2.45, 2.75) is 19.0 Å². The summed E-state index contributed by atoms with van der Waals surface area (Å²) < 4.78 is 8.46. The molecule has 10 heteroatoms. The van der Waals surface area contributed by atoms with Crippen LogP contribution in [0.3, 0.4) is 0 Å². The Morgan fingerprint density at radius 2 is 1.67 bits per heavy atom. The number of carbonyl (C=O) groups is 1. The number of anilines is 1. The minimum atomic E-state index is -0.781. The third kappa shape index (κ3) is 3.65. The zero-order chi connectivity index (χ0) is 24.6. The molecule has 4 heterocycles. The maximum Gasteiger partial charge on any atom is 0.250 e. The fraction of sp³-hybridized carbons (Fsp3) is 0.115. The summed E-state index contributed by atoms with van der Waals surface area (Å²) >= 11 is 0. The predicted octanol–water partition coefficient (Wildman–Crippen LogP) is 3.78. The number of carbonyl (C=O) groups excluding carboxylic acids is 1. The fourth-order valence-electron chi connectivity index (χ4n) is 4.28. The number of hydrogen-bond donors (Lipinski definition) is 2. The smallest absolute Gasteiger partial charge is 0.250 e. The number of fused-ring (bicyclic) bond motifs is 3. The molecule has 6 rings (SSSR count). The molecule has 2 unspecified atom stereocenters. The van der Waals surface area contributed by atoms with E-state index in [0.29, 0.717) is 28.3 Å². The molecule has 2 aromatic carbocycles. The zero-order valence-electron chi connectivity index (χ0n) is 19.3. The van der Waals surface area contributed by atoms with Gasteiger partial charge in [-0.1, -0.05) is 60.7 Å². The molecule has 36 heavy (non-hydrogen) atoms. The van der Waals surface area contributed by atoms with E-state index in [1.165, 1.54) is 4.52 Å². The first-order valence-electron chi connectivity index (χ1n) is 11.4.